The number of benzene rings is 8. The maximum Gasteiger partial charge on any atom is 0.0725 e. The molecule has 0 saturated heterocycles. The third kappa shape index (κ3) is 4.90. The second-order valence-electron chi connectivity index (χ2n) is 14.7. The van der Waals surface area contributed by atoms with E-state index >= 15 is 0 Å². The zero-order valence-corrected chi connectivity index (χ0v) is 30.2. The van der Waals surface area contributed by atoms with Crippen molar-refractivity contribution in [2.75, 3.05) is 0 Å². The minimum atomic E-state index is -0.360. The van der Waals surface area contributed by atoms with Crippen LogP contribution < -0.4 is 0 Å². The van der Waals surface area contributed by atoms with Crippen LogP contribution in [-0.2, 0) is 5.41 Å². The van der Waals surface area contributed by atoms with Crippen LogP contribution >= 0.6 is 0 Å². The minimum Gasteiger partial charge on any atom is -0.248 e. The number of rotatable bonds is 5. The molecule has 1 spiro atoms. The second-order valence-corrected chi connectivity index (χ2v) is 14.7. The van der Waals surface area contributed by atoms with Crippen molar-refractivity contribution < 1.29 is 0 Å². The van der Waals surface area contributed by atoms with Gasteiger partial charge in [0, 0.05) is 11.1 Å². The van der Waals surface area contributed by atoms with Crippen molar-refractivity contribution >= 4 is 0 Å². The van der Waals surface area contributed by atoms with E-state index in [1.54, 1.807) is 0 Å². The number of hydrogen-bond acceptors (Lipinski definition) is 1. The van der Waals surface area contributed by atoms with Gasteiger partial charge in [0.15, 0.2) is 0 Å². The molecule has 1 heterocycles. The molecule has 0 fully saturated rings. The average Bonchev–Trinajstić information content (AvgIpc) is 3.74. The maximum atomic E-state index is 5.22. The summed E-state index contributed by atoms with van der Waals surface area (Å²) in [7, 11) is 0. The van der Waals surface area contributed by atoms with Gasteiger partial charge >= 0.3 is 0 Å². The van der Waals surface area contributed by atoms with Gasteiger partial charge in [-0.05, 0) is 108 Å². The van der Waals surface area contributed by atoms with Crippen molar-refractivity contribution in [2.45, 2.75) is 5.41 Å². The van der Waals surface area contributed by atoms with Crippen LogP contribution in [0.5, 0.6) is 0 Å². The molecule has 1 aromatic heterocycles. The highest BCUT2D eigenvalue weighted by Gasteiger charge is 2.51. The van der Waals surface area contributed by atoms with Crippen LogP contribution in [-0.4, -0.2) is 4.98 Å². The Morgan fingerprint density at radius 1 is 0.236 bits per heavy atom. The number of pyridine rings is 1. The molecule has 9 aromatic rings. The van der Waals surface area contributed by atoms with Gasteiger partial charge in [-0.2, -0.15) is 0 Å². The molecule has 2 aliphatic carbocycles. The lowest BCUT2D eigenvalue weighted by molar-refractivity contribution is 0.794. The molecule has 256 valence electrons. The van der Waals surface area contributed by atoms with Crippen LogP contribution in [0.2, 0.25) is 0 Å². The number of aromatic nitrogens is 1. The molecular weight excluding hydrogens is 663 g/mol. The van der Waals surface area contributed by atoms with Gasteiger partial charge in [-0.3, -0.25) is 0 Å². The van der Waals surface area contributed by atoms with E-state index in [0.29, 0.717) is 0 Å². The Balaban J connectivity index is 1.02. The van der Waals surface area contributed by atoms with Gasteiger partial charge in [0.2, 0.25) is 0 Å². The van der Waals surface area contributed by atoms with E-state index in [2.05, 4.69) is 212 Å². The molecule has 0 amide bonds. The molecule has 2 aliphatic rings. The monoisotopic (exact) mass is 697 g/mol. The molecule has 0 saturated carbocycles. The molecule has 0 unspecified atom stereocenters. The van der Waals surface area contributed by atoms with E-state index in [-0.39, 0.29) is 5.41 Å². The van der Waals surface area contributed by atoms with Crippen LogP contribution in [0.1, 0.15) is 22.3 Å². The Bertz CT molecular complexity index is 2800. The smallest absolute Gasteiger partial charge is 0.0725 e. The van der Waals surface area contributed by atoms with E-state index in [4.69, 9.17) is 4.98 Å². The summed E-state index contributed by atoms with van der Waals surface area (Å²) in [6.45, 7) is 0. The summed E-state index contributed by atoms with van der Waals surface area (Å²) >= 11 is 0. The van der Waals surface area contributed by atoms with Crippen LogP contribution in [0, 0.1) is 0 Å². The van der Waals surface area contributed by atoms with Crippen LogP contribution in [0.4, 0.5) is 0 Å². The Labute approximate surface area is 321 Å². The highest BCUT2D eigenvalue weighted by Crippen LogP contribution is 2.63. The zero-order chi connectivity index (χ0) is 36.3. The predicted octanol–water partition coefficient (Wildman–Crippen LogP) is 13.8. The van der Waals surface area contributed by atoms with Crippen LogP contribution in [0.3, 0.4) is 0 Å². The van der Waals surface area contributed by atoms with Gasteiger partial charge in [0.25, 0.3) is 0 Å². The van der Waals surface area contributed by atoms with Crippen LogP contribution in [0.25, 0.3) is 78.1 Å². The Morgan fingerprint density at radius 2 is 0.636 bits per heavy atom. The van der Waals surface area contributed by atoms with E-state index in [1.165, 1.54) is 66.8 Å². The molecule has 0 atom stereocenters. The summed E-state index contributed by atoms with van der Waals surface area (Å²) in [5, 5.41) is 0. The molecule has 0 N–H and O–H groups in total. The zero-order valence-electron chi connectivity index (χ0n) is 30.2. The van der Waals surface area contributed by atoms with Gasteiger partial charge in [-0.25, -0.2) is 4.98 Å². The van der Waals surface area contributed by atoms with E-state index in [1.807, 2.05) is 0 Å². The third-order valence-electron chi connectivity index (χ3n) is 11.7. The molecule has 1 heteroatoms. The SMILES string of the molecule is c1ccc(-c2cc(-c3ccccc3)nc(-c3cccc(-c4cccc(-c5ccc6c(c5)C5(c7ccccc7-c7ccccc75)c5ccccc5-6)c4)c3)c2)cc1. The quantitative estimate of drug-likeness (QED) is 0.174. The summed E-state index contributed by atoms with van der Waals surface area (Å²) in [5.74, 6) is 0. The molecule has 55 heavy (non-hydrogen) atoms. The van der Waals surface area contributed by atoms with Crippen molar-refractivity contribution in [3.63, 3.8) is 0 Å². The Kier molecular flexibility index (Phi) is 7.15. The average molecular weight is 698 g/mol. The third-order valence-corrected chi connectivity index (χ3v) is 11.7. The maximum absolute atomic E-state index is 5.22. The first kappa shape index (κ1) is 31.4. The largest absolute Gasteiger partial charge is 0.248 e. The molecule has 0 bridgehead atoms. The summed E-state index contributed by atoms with van der Waals surface area (Å²) in [4.78, 5) is 5.22. The van der Waals surface area contributed by atoms with Crippen LogP contribution in [0.15, 0.2) is 212 Å². The summed E-state index contributed by atoms with van der Waals surface area (Å²) in [6, 6.07) is 77.4. The van der Waals surface area contributed by atoms with E-state index in [9.17, 15) is 0 Å². The summed E-state index contributed by atoms with van der Waals surface area (Å²) in [6.07, 6.45) is 0. The lowest BCUT2D eigenvalue weighted by Gasteiger charge is -2.30. The highest BCUT2D eigenvalue weighted by atomic mass is 14.7. The minimum absolute atomic E-state index is 0.360. The van der Waals surface area contributed by atoms with Crippen molar-refractivity contribution in [2.24, 2.45) is 0 Å². The molecule has 0 radical (unpaired) electrons. The van der Waals surface area contributed by atoms with Gasteiger partial charge < -0.3 is 0 Å². The van der Waals surface area contributed by atoms with E-state index < -0.39 is 0 Å². The first-order valence-electron chi connectivity index (χ1n) is 19.0. The second kappa shape index (κ2) is 12.5. The van der Waals surface area contributed by atoms with Gasteiger partial charge in [-0.15, -0.1) is 0 Å². The molecular formula is C54H35N. The fourth-order valence-corrected chi connectivity index (χ4v) is 9.24. The highest BCUT2D eigenvalue weighted by molar-refractivity contribution is 5.96. The Hall–Kier alpha value is -7.09. The number of fused-ring (bicyclic) bond motifs is 10. The Morgan fingerprint density at radius 3 is 1.20 bits per heavy atom. The fraction of sp³-hybridized carbons (Fsp3) is 0.0185. The lowest BCUT2D eigenvalue weighted by Crippen LogP contribution is -2.25. The van der Waals surface area contributed by atoms with Crippen molar-refractivity contribution in [3.8, 4) is 78.1 Å². The normalized spacial score (nSPS) is 12.9. The topological polar surface area (TPSA) is 12.9 Å². The number of nitrogens with zero attached hydrogens (tertiary/aromatic N) is 1. The van der Waals surface area contributed by atoms with Gasteiger partial charge in [0.05, 0.1) is 16.8 Å². The summed E-state index contributed by atoms with van der Waals surface area (Å²) in [5.41, 5.74) is 21.6. The summed E-state index contributed by atoms with van der Waals surface area (Å²) < 4.78 is 0. The molecule has 1 nitrogen and oxygen atoms in total. The predicted molar refractivity (Wildman–Crippen MR) is 228 cm³/mol. The fourth-order valence-electron chi connectivity index (χ4n) is 9.24. The standard InChI is InChI=1S/C54H35N/c1-3-15-36(16-4-1)43-34-52(37-17-5-2-6-18-37)55-53(35-43)42-22-14-21-40(32-42)38-19-13-20-39(31-38)41-29-30-47-46-25-9-12-28-50(46)54(51(47)33-41)48-26-10-7-23-44(48)45-24-8-11-27-49(45)54/h1-35H. The van der Waals surface area contributed by atoms with Gasteiger partial charge in [-0.1, -0.05) is 182 Å². The van der Waals surface area contributed by atoms with Crippen molar-refractivity contribution in [1.82, 2.24) is 4.98 Å². The first-order valence-corrected chi connectivity index (χ1v) is 19.0. The van der Waals surface area contributed by atoms with Gasteiger partial charge in [0.1, 0.15) is 0 Å². The molecule has 0 aliphatic heterocycles. The molecule has 11 rings (SSSR count). The molecule has 8 aromatic carbocycles. The van der Waals surface area contributed by atoms with Crippen molar-refractivity contribution in [3.05, 3.63) is 235 Å². The van der Waals surface area contributed by atoms with E-state index in [0.717, 1.165) is 33.6 Å². The first-order chi connectivity index (χ1) is 27.3. The number of hydrogen-bond donors (Lipinski definition) is 0. The van der Waals surface area contributed by atoms with Crippen molar-refractivity contribution in [1.29, 1.82) is 0 Å². The lowest BCUT2D eigenvalue weighted by atomic mass is 9.70.